The number of esters is 1. The van der Waals surface area contributed by atoms with Crippen molar-refractivity contribution in [2.45, 2.75) is 270 Å². The molecule has 6 nitrogen and oxygen atoms in total. The van der Waals surface area contributed by atoms with E-state index in [0.29, 0.717) is 25.9 Å². The van der Waals surface area contributed by atoms with Gasteiger partial charge in [0.15, 0.2) is 0 Å². The van der Waals surface area contributed by atoms with Gasteiger partial charge in [0, 0.05) is 12.8 Å². The van der Waals surface area contributed by atoms with Gasteiger partial charge in [0.05, 0.1) is 25.4 Å². The number of unbranched alkanes of at least 4 members (excludes halogenated alkanes) is 29. The number of nitrogens with one attached hydrogen (secondary N) is 1. The first kappa shape index (κ1) is 56.1. The summed E-state index contributed by atoms with van der Waals surface area (Å²) in [6.45, 7) is 4.86. The van der Waals surface area contributed by atoms with Crippen LogP contribution in [-0.2, 0) is 14.3 Å². The van der Waals surface area contributed by atoms with E-state index >= 15 is 0 Å². The average Bonchev–Trinajstić information content (AvgIpc) is 3.22. The summed E-state index contributed by atoms with van der Waals surface area (Å²) < 4.78 is 5.45. The second-order valence-electron chi connectivity index (χ2n) is 17.1. The number of allylic oxidation sites excluding steroid dienone is 6. The molecule has 0 bridgehead atoms. The van der Waals surface area contributed by atoms with Crippen molar-refractivity contribution in [1.29, 1.82) is 0 Å². The summed E-state index contributed by atoms with van der Waals surface area (Å²) in [5.74, 6) is -0.0729. The fourth-order valence-corrected chi connectivity index (χ4v) is 7.49. The van der Waals surface area contributed by atoms with Crippen molar-refractivity contribution in [2.75, 3.05) is 13.2 Å². The Morgan fingerprint density at radius 1 is 0.483 bits per heavy atom. The second-order valence-corrected chi connectivity index (χ2v) is 17.1. The van der Waals surface area contributed by atoms with E-state index < -0.39 is 12.1 Å². The van der Waals surface area contributed by atoms with E-state index in [4.69, 9.17) is 4.74 Å². The zero-order valence-electron chi connectivity index (χ0n) is 38.5. The van der Waals surface area contributed by atoms with E-state index in [2.05, 4.69) is 55.6 Å². The van der Waals surface area contributed by atoms with Gasteiger partial charge in [0.25, 0.3) is 0 Å². The molecular weight excluding hydrogens is 719 g/mol. The van der Waals surface area contributed by atoms with Crippen LogP contribution in [0.2, 0.25) is 0 Å². The SMILES string of the molecule is CCCCC/C=C\C/C=C\CCCCCCCCCC(=O)OCCCCCC/C=C\CCCCCCCCCC(=O)NC(CO)C(O)CCCCCCCCCCC. The predicted octanol–water partition coefficient (Wildman–Crippen LogP) is 14.9. The smallest absolute Gasteiger partial charge is 0.305 e. The van der Waals surface area contributed by atoms with Crippen molar-refractivity contribution in [3.8, 4) is 0 Å². The van der Waals surface area contributed by atoms with Crippen LogP contribution in [0.5, 0.6) is 0 Å². The Morgan fingerprint density at radius 2 is 0.862 bits per heavy atom. The number of aliphatic hydroxyl groups excluding tert-OH is 2. The van der Waals surface area contributed by atoms with Crippen molar-refractivity contribution in [2.24, 2.45) is 0 Å². The molecule has 2 atom stereocenters. The molecule has 0 saturated heterocycles. The number of rotatable bonds is 46. The maximum atomic E-state index is 12.4. The summed E-state index contributed by atoms with van der Waals surface area (Å²) in [5, 5.41) is 23.0. The molecule has 0 saturated carbocycles. The standard InChI is InChI=1S/C52H97NO5/c1-3-5-7-9-11-13-14-15-16-17-20-23-26-30-34-38-42-46-52(57)58-47-43-39-35-31-27-24-21-18-19-22-25-29-33-37-41-45-51(56)53-49(48-54)50(55)44-40-36-32-28-12-10-8-6-4-2/h11,13,15-16,21,24,49-50,54-55H,3-10,12,14,17-20,22-23,25-48H2,1-2H3,(H,53,56)/b13-11-,16-15-,24-21-. The summed E-state index contributed by atoms with van der Waals surface area (Å²) in [7, 11) is 0. The topological polar surface area (TPSA) is 95.9 Å². The number of aliphatic hydroxyl groups is 2. The lowest BCUT2D eigenvalue weighted by atomic mass is 10.0. The third-order valence-electron chi connectivity index (χ3n) is 11.4. The maximum Gasteiger partial charge on any atom is 0.305 e. The van der Waals surface area contributed by atoms with Crippen molar-refractivity contribution >= 4 is 11.9 Å². The van der Waals surface area contributed by atoms with Crippen LogP contribution >= 0.6 is 0 Å². The maximum absolute atomic E-state index is 12.4. The zero-order chi connectivity index (χ0) is 42.3. The van der Waals surface area contributed by atoms with Gasteiger partial charge in [-0.1, -0.05) is 198 Å². The van der Waals surface area contributed by atoms with Crippen LogP contribution in [0, 0.1) is 0 Å². The van der Waals surface area contributed by atoms with Crippen LogP contribution < -0.4 is 5.32 Å². The molecule has 0 heterocycles. The molecule has 0 rings (SSSR count). The van der Waals surface area contributed by atoms with Gasteiger partial charge in [-0.2, -0.15) is 0 Å². The van der Waals surface area contributed by atoms with Crippen molar-refractivity contribution < 1.29 is 24.5 Å². The second kappa shape index (κ2) is 47.8. The highest BCUT2D eigenvalue weighted by Gasteiger charge is 2.20. The average molecular weight is 816 g/mol. The summed E-state index contributed by atoms with van der Waals surface area (Å²) in [6.07, 6.45) is 56.9. The molecule has 0 aromatic carbocycles. The summed E-state index contributed by atoms with van der Waals surface area (Å²) in [6, 6.07) is -0.551. The van der Waals surface area contributed by atoms with E-state index in [1.54, 1.807) is 0 Å². The van der Waals surface area contributed by atoms with Crippen molar-refractivity contribution in [3.05, 3.63) is 36.5 Å². The van der Waals surface area contributed by atoms with Gasteiger partial charge in [-0.25, -0.2) is 0 Å². The highest BCUT2D eigenvalue weighted by Crippen LogP contribution is 2.15. The van der Waals surface area contributed by atoms with Crippen molar-refractivity contribution in [3.63, 3.8) is 0 Å². The highest BCUT2D eigenvalue weighted by atomic mass is 16.5. The molecule has 1 amide bonds. The van der Waals surface area contributed by atoms with Crippen LogP contribution in [0.25, 0.3) is 0 Å². The van der Waals surface area contributed by atoms with E-state index in [1.807, 2.05) is 0 Å². The lowest BCUT2D eigenvalue weighted by Gasteiger charge is -2.22. The molecule has 0 fully saturated rings. The Kier molecular flexibility index (Phi) is 46.2. The van der Waals surface area contributed by atoms with Gasteiger partial charge < -0.3 is 20.3 Å². The fourth-order valence-electron chi connectivity index (χ4n) is 7.49. The lowest BCUT2D eigenvalue weighted by molar-refractivity contribution is -0.143. The van der Waals surface area contributed by atoms with E-state index in [-0.39, 0.29) is 18.5 Å². The van der Waals surface area contributed by atoms with Gasteiger partial charge in [-0.3, -0.25) is 9.59 Å². The molecule has 0 aliphatic carbocycles. The Labute approximate surface area is 360 Å². The molecule has 0 aliphatic heterocycles. The molecule has 0 spiro atoms. The molecule has 3 N–H and O–H groups in total. The normalized spacial score (nSPS) is 13.0. The predicted molar refractivity (Wildman–Crippen MR) is 250 cm³/mol. The minimum Gasteiger partial charge on any atom is -0.466 e. The number of carbonyl (C=O) groups is 2. The van der Waals surface area contributed by atoms with Gasteiger partial charge in [0.1, 0.15) is 0 Å². The minimum atomic E-state index is -0.672. The van der Waals surface area contributed by atoms with E-state index in [1.165, 1.54) is 148 Å². The first-order valence-electron chi connectivity index (χ1n) is 25.2. The number of amides is 1. The molecule has 6 heteroatoms. The van der Waals surface area contributed by atoms with Gasteiger partial charge in [-0.15, -0.1) is 0 Å². The van der Waals surface area contributed by atoms with Crippen LogP contribution in [0.3, 0.4) is 0 Å². The highest BCUT2D eigenvalue weighted by molar-refractivity contribution is 5.76. The molecule has 340 valence electrons. The Bertz CT molecular complexity index is 946. The van der Waals surface area contributed by atoms with Crippen LogP contribution in [0.1, 0.15) is 258 Å². The molecule has 0 aromatic heterocycles. The summed E-state index contributed by atoms with van der Waals surface area (Å²) in [4.78, 5) is 24.4. The Morgan fingerprint density at radius 3 is 1.36 bits per heavy atom. The molecule has 0 aromatic rings. The monoisotopic (exact) mass is 816 g/mol. The third-order valence-corrected chi connectivity index (χ3v) is 11.4. The number of ether oxygens (including phenoxy) is 1. The summed E-state index contributed by atoms with van der Waals surface area (Å²) >= 11 is 0. The largest absolute Gasteiger partial charge is 0.466 e. The minimum absolute atomic E-state index is 0.0187. The van der Waals surface area contributed by atoms with Gasteiger partial charge in [0.2, 0.25) is 5.91 Å². The lowest BCUT2D eigenvalue weighted by Crippen LogP contribution is -2.45. The molecule has 2 unspecified atom stereocenters. The van der Waals surface area contributed by atoms with Crippen molar-refractivity contribution in [1.82, 2.24) is 5.32 Å². The van der Waals surface area contributed by atoms with Crippen LogP contribution in [0.15, 0.2) is 36.5 Å². The Hall–Kier alpha value is -1.92. The quantitative estimate of drug-likeness (QED) is 0.0323. The van der Waals surface area contributed by atoms with Gasteiger partial charge in [-0.05, 0) is 83.5 Å². The molecular formula is C52H97NO5. The van der Waals surface area contributed by atoms with Crippen LogP contribution in [-0.4, -0.2) is 47.4 Å². The van der Waals surface area contributed by atoms with E-state index in [9.17, 15) is 19.8 Å². The number of hydrogen-bond donors (Lipinski definition) is 3. The molecule has 0 radical (unpaired) electrons. The first-order valence-corrected chi connectivity index (χ1v) is 25.2. The van der Waals surface area contributed by atoms with E-state index in [0.717, 1.165) is 77.0 Å². The third kappa shape index (κ3) is 43.7. The zero-order valence-corrected chi connectivity index (χ0v) is 38.5. The fraction of sp³-hybridized carbons (Fsp3) is 0.846. The number of carbonyl (C=O) groups excluding carboxylic acids is 2. The Balaban J connectivity index is 3.46. The van der Waals surface area contributed by atoms with Gasteiger partial charge >= 0.3 is 5.97 Å². The first-order chi connectivity index (χ1) is 28.5. The number of hydrogen-bond acceptors (Lipinski definition) is 5. The van der Waals surface area contributed by atoms with Crippen LogP contribution in [0.4, 0.5) is 0 Å². The summed E-state index contributed by atoms with van der Waals surface area (Å²) in [5.41, 5.74) is 0. The molecule has 0 aliphatic rings. The molecule has 58 heavy (non-hydrogen) atoms.